The molecule has 0 saturated carbocycles. The predicted octanol–water partition coefficient (Wildman–Crippen LogP) is 4.46. The minimum atomic E-state index is -2.35. The second-order valence-corrected chi connectivity index (χ2v) is 5.11. The van der Waals surface area contributed by atoms with Gasteiger partial charge < -0.3 is 0 Å². The van der Waals surface area contributed by atoms with Crippen molar-refractivity contribution in [3.05, 3.63) is 33.8 Å². The molecule has 0 unspecified atom stereocenters. The molecule has 1 nitrogen and oxygen atoms in total. The third kappa shape index (κ3) is 5.08. The molecule has 0 fully saturated rings. The van der Waals surface area contributed by atoms with Crippen LogP contribution in [-0.4, -0.2) is 29.7 Å². The lowest BCUT2D eigenvalue weighted by Gasteiger charge is -2.21. The van der Waals surface area contributed by atoms with Crippen LogP contribution in [0.5, 0.6) is 0 Å². The van der Waals surface area contributed by atoms with E-state index in [2.05, 4.69) is 15.9 Å². The molecule has 1 aromatic rings. The quantitative estimate of drug-likeness (QED) is 0.687. The van der Waals surface area contributed by atoms with Crippen molar-refractivity contribution in [2.45, 2.75) is 13.0 Å². The Morgan fingerprint density at radius 1 is 1.29 bits per heavy atom. The van der Waals surface area contributed by atoms with Crippen molar-refractivity contribution in [3.8, 4) is 0 Å². The summed E-state index contributed by atoms with van der Waals surface area (Å²) in [7, 11) is 0. The number of nitrogens with zero attached hydrogens (tertiary/aromatic N) is 1. The van der Waals surface area contributed by atoms with Gasteiger partial charge in [-0.05, 0) is 11.6 Å². The van der Waals surface area contributed by atoms with Crippen LogP contribution in [0.25, 0.3) is 0 Å². The maximum absolute atomic E-state index is 12.4. The Morgan fingerprint density at radius 2 is 2.00 bits per heavy atom. The molecule has 0 aromatic heterocycles. The summed E-state index contributed by atoms with van der Waals surface area (Å²) < 4.78 is 24.7. The first-order valence-electron chi connectivity index (χ1n) is 5.04. The van der Waals surface area contributed by atoms with Gasteiger partial charge in [-0.15, -0.1) is 0 Å². The zero-order chi connectivity index (χ0) is 12.8. The molecule has 0 aliphatic carbocycles. The van der Waals surface area contributed by atoms with Crippen LogP contribution in [0.4, 0.5) is 8.78 Å². The number of hydrogen-bond donors (Lipinski definition) is 0. The van der Waals surface area contributed by atoms with E-state index >= 15 is 0 Å². The van der Waals surface area contributed by atoms with Crippen LogP contribution in [0.15, 0.2) is 18.2 Å². The molecule has 0 bridgehead atoms. The SMILES string of the molecule is FC(F)CN(CCBr)Cc1cccc(Cl)c1Cl. The maximum atomic E-state index is 12.4. The highest BCUT2D eigenvalue weighted by molar-refractivity contribution is 9.09. The molecule has 0 heterocycles. The number of benzene rings is 1. The van der Waals surface area contributed by atoms with E-state index in [0.717, 1.165) is 5.56 Å². The van der Waals surface area contributed by atoms with Crippen LogP contribution < -0.4 is 0 Å². The van der Waals surface area contributed by atoms with E-state index in [1.165, 1.54) is 0 Å². The summed E-state index contributed by atoms with van der Waals surface area (Å²) in [4.78, 5) is 1.64. The Morgan fingerprint density at radius 3 is 2.59 bits per heavy atom. The average Bonchev–Trinajstić information content (AvgIpc) is 2.24. The third-order valence-electron chi connectivity index (χ3n) is 2.22. The van der Waals surface area contributed by atoms with Crippen molar-refractivity contribution in [2.75, 3.05) is 18.4 Å². The van der Waals surface area contributed by atoms with E-state index in [4.69, 9.17) is 23.2 Å². The highest BCUT2D eigenvalue weighted by atomic mass is 79.9. The summed E-state index contributed by atoms with van der Waals surface area (Å²) in [6, 6.07) is 5.23. The second kappa shape index (κ2) is 7.52. The standard InChI is InChI=1S/C11H12BrCl2F2N/c12-4-5-17(7-10(15)16)6-8-2-1-3-9(13)11(8)14/h1-3,10H,4-7H2. The first-order chi connectivity index (χ1) is 8.04. The Hall–Kier alpha value is 0.1000. The summed E-state index contributed by atoms with van der Waals surface area (Å²) in [6.07, 6.45) is -2.35. The van der Waals surface area contributed by atoms with Crippen LogP contribution in [0.3, 0.4) is 0 Å². The Balaban J connectivity index is 2.74. The summed E-state index contributed by atoms with van der Waals surface area (Å²) in [5.74, 6) is 0. The zero-order valence-corrected chi connectivity index (χ0v) is 12.1. The molecular formula is C11H12BrCl2F2N. The lowest BCUT2D eigenvalue weighted by molar-refractivity contribution is 0.0881. The molecule has 17 heavy (non-hydrogen) atoms. The third-order valence-corrected chi connectivity index (χ3v) is 3.44. The van der Waals surface area contributed by atoms with Gasteiger partial charge in [-0.2, -0.15) is 0 Å². The summed E-state index contributed by atoms with van der Waals surface area (Å²) in [5, 5.41) is 1.51. The van der Waals surface area contributed by atoms with Gasteiger partial charge >= 0.3 is 0 Å². The van der Waals surface area contributed by atoms with Crippen molar-refractivity contribution >= 4 is 39.1 Å². The van der Waals surface area contributed by atoms with E-state index in [9.17, 15) is 8.78 Å². The maximum Gasteiger partial charge on any atom is 0.251 e. The summed E-state index contributed by atoms with van der Waals surface area (Å²) in [6.45, 7) is 0.636. The minimum absolute atomic E-state index is 0.269. The molecule has 0 radical (unpaired) electrons. The van der Waals surface area contributed by atoms with Gasteiger partial charge in [-0.1, -0.05) is 51.3 Å². The van der Waals surface area contributed by atoms with Gasteiger partial charge in [0.15, 0.2) is 0 Å². The molecule has 0 atom stereocenters. The molecule has 0 aliphatic rings. The molecule has 0 aliphatic heterocycles. The fourth-order valence-electron chi connectivity index (χ4n) is 1.46. The minimum Gasteiger partial charge on any atom is -0.293 e. The fourth-order valence-corrected chi connectivity index (χ4v) is 2.34. The van der Waals surface area contributed by atoms with Crippen LogP contribution in [0, 0.1) is 0 Å². The van der Waals surface area contributed by atoms with Gasteiger partial charge in [0.25, 0.3) is 6.43 Å². The number of halogens is 5. The van der Waals surface area contributed by atoms with E-state index in [1.807, 2.05) is 0 Å². The second-order valence-electron chi connectivity index (χ2n) is 3.53. The van der Waals surface area contributed by atoms with E-state index in [1.54, 1.807) is 23.1 Å². The van der Waals surface area contributed by atoms with Gasteiger partial charge in [-0.3, -0.25) is 4.90 Å². The summed E-state index contributed by atoms with van der Waals surface area (Å²) >= 11 is 15.1. The number of rotatable bonds is 6. The Bertz CT molecular complexity index is 363. The van der Waals surface area contributed by atoms with Gasteiger partial charge in [0, 0.05) is 18.4 Å². The zero-order valence-electron chi connectivity index (χ0n) is 8.97. The largest absolute Gasteiger partial charge is 0.293 e. The molecule has 1 rings (SSSR count). The molecule has 0 spiro atoms. The van der Waals surface area contributed by atoms with Crippen LogP contribution >= 0.6 is 39.1 Å². The van der Waals surface area contributed by atoms with Gasteiger partial charge in [0.05, 0.1) is 16.6 Å². The monoisotopic (exact) mass is 345 g/mol. The average molecular weight is 347 g/mol. The normalized spacial score (nSPS) is 11.5. The van der Waals surface area contributed by atoms with Crippen molar-refractivity contribution in [1.82, 2.24) is 4.90 Å². The highest BCUT2D eigenvalue weighted by Crippen LogP contribution is 2.26. The smallest absolute Gasteiger partial charge is 0.251 e. The van der Waals surface area contributed by atoms with E-state index in [0.29, 0.717) is 28.5 Å². The topological polar surface area (TPSA) is 3.24 Å². The van der Waals surface area contributed by atoms with E-state index in [-0.39, 0.29) is 6.54 Å². The van der Waals surface area contributed by atoms with Gasteiger partial charge in [0.2, 0.25) is 0 Å². The van der Waals surface area contributed by atoms with Crippen LogP contribution in [-0.2, 0) is 6.54 Å². The molecule has 0 amide bonds. The predicted molar refractivity (Wildman–Crippen MR) is 71.5 cm³/mol. The first kappa shape index (κ1) is 15.2. The van der Waals surface area contributed by atoms with Crippen molar-refractivity contribution in [2.24, 2.45) is 0 Å². The number of alkyl halides is 3. The molecule has 6 heteroatoms. The molecule has 0 N–H and O–H groups in total. The Kier molecular flexibility index (Phi) is 6.70. The van der Waals surface area contributed by atoms with Crippen molar-refractivity contribution < 1.29 is 8.78 Å². The fraction of sp³-hybridized carbons (Fsp3) is 0.455. The van der Waals surface area contributed by atoms with Crippen LogP contribution in [0.2, 0.25) is 10.0 Å². The van der Waals surface area contributed by atoms with Gasteiger partial charge in [0.1, 0.15) is 0 Å². The summed E-state index contributed by atoms with van der Waals surface area (Å²) in [5.41, 5.74) is 0.765. The molecule has 96 valence electrons. The molecular weight excluding hydrogens is 335 g/mol. The molecule has 0 saturated heterocycles. The van der Waals surface area contributed by atoms with Crippen LogP contribution in [0.1, 0.15) is 5.56 Å². The highest BCUT2D eigenvalue weighted by Gasteiger charge is 2.14. The van der Waals surface area contributed by atoms with Crippen molar-refractivity contribution in [1.29, 1.82) is 0 Å². The Labute approximate surface area is 118 Å². The molecule has 1 aromatic carbocycles. The lowest BCUT2D eigenvalue weighted by atomic mass is 10.2. The van der Waals surface area contributed by atoms with Gasteiger partial charge in [-0.25, -0.2) is 8.78 Å². The van der Waals surface area contributed by atoms with E-state index < -0.39 is 6.43 Å². The van der Waals surface area contributed by atoms with Crippen molar-refractivity contribution in [3.63, 3.8) is 0 Å². The lowest BCUT2D eigenvalue weighted by Crippen LogP contribution is -2.30. The first-order valence-corrected chi connectivity index (χ1v) is 6.91. The number of hydrogen-bond acceptors (Lipinski definition) is 1.